The zero-order chi connectivity index (χ0) is 9.68. The molecule has 1 radical (unpaired) electrons. The van der Waals surface area contributed by atoms with Gasteiger partial charge in [-0.1, -0.05) is 24.3 Å². The third-order valence-electron chi connectivity index (χ3n) is 2.17. The molecule has 71 valence electrons. The summed E-state index contributed by atoms with van der Waals surface area (Å²) in [6.07, 6.45) is 3.00. The molecule has 0 heterocycles. The fourth-order valence-electron chi connectivity index (χ4n) is 1.34. The van der Waals surface area contributed by atoms with Crippen molar-refractivity contribution in [1.82, 2.24) is 0 Å². The van der Waals surface area contributed by atoms with Crippen LogP contribution < -0.4 is 5.73 Å². The molecule has 1 heteroatoms. The molecule has 0 saturated carbocycles. The third-order valence-corrected chi connectivity index (χ3v) is 2.17. The zero-order valence-electron chi connectivity index (χ0n) is 8.29. The highest BCUT2D eigenvalue weighted by Gasteiger charge is 1.97. The quantitative estimate of drug-likeness (QED) is 0.748. The van der Waals surface area contributed by atoms with E-state index in [4.69, 9.17) is 5.73 Å². The van der Waals surface area contributed by atoms with Crippen LogP contribution in [0.2, 0.25) is 0 Å². The molecule has 1 nitrogen and oxygen atoms in total. The van der Waals surface area contributed by atoms with Crippen molar-refractivity contribution in [3.8, 4) is 0 Å². The minimum absolute atomic E-state index is 0.295. The Kier molecular flexibility index (Phi) is 3.97. The molecular formula is C12H18N. The van der Waals surface area contributed by atoms with Crippen molar-refractivity contribution in [1.29, 1.82) is 0 Å². The Bertz CT molecular complexity index is 253. The molecule has 13 heavy (non-hydrogen) atoms. The topological polar surface area (TPSA) is 26.0 Å². The van der Waals surface area contributed by atoms with Crippen LogP contribution in [0.5, 0.6) is 0 Å². The number of hydrogen-bond acceptors (Lipinski definition) is 1. The van der Waals surface area contributed by atoms with Crippen LogP contribution in [-0.2, 0) is 12.8 Å². The van der Waals surface area contributed by atoms with Crippen molar-refractivity contribution < 1.29 is 0 Å². The Morgan fingerprint density at radius 3 is 2.69 bits per heavy atom. The molecule has 1 rings (SSSR count). The van der Waals surface area contributed by atoms with Gasteiger partial charge in [0.15, 0.2) is 0 Å². The molecule has 0 aromatic heterocycles. The van der Waals surface area contributed by atoms with E-state index >= 15 is 0 Å². The molecule has 0 fully saturated rings. The van der Waals surface area contributed by atoms with Crippen LogP contribution in [0.15, 0.2) is 24.3 Å². The van der Waals surface area contributed by atoms with Gasteiger partial charge in [-0.05, 0) is 44.2 Å². The number of hydrogen-bond donors (Lipinski definition) is 1. The Balaban J connectivity index is 2.56. The summed E-state index contributed by atoms with van der Waals surface area (Å²) in [6, 6.07) is 8.87. The van der Waals surface area contributed by atoms with Gasteiger partial charge in [0.1, 0.15) is 0 Å². The Morgan fingerprint density at radius 1 is 1.38 bits per heavy atom. The van der Waals surface area contributed by atoms with Crippen molar-refractivity contribution in [2.45, 2.75) is 32.2 Å². The molecule has 0 bridgehead atoms. The van der Waals surface area contributed by atoms with E-state index in [2.05, 4.69) is 31.2 Å². The highest BCUT2D eigenvalue weighted by atomic mass is 14.6. The number of rotatable bonds is 4. The Morgan fingerprint density at radius 2 is 2.08 bits per heavy atom. The predicted octanol–water partition coefficient (Wildman–Crippen LogP) is 2.34. The summed E-state index contributed by atoms with van der Waals surface area (Å²) in [7, 11) is 0. The summed E-state index contributed by atoms with van der Waals surface area (Å²) >= 11 is 0. The molecule has 1 aromatic carbocycles. The lowest BCUT2D eigenvalue weighted by molar-refractivity contribution is 0.666. The van der Waals surface area contributed by atoms with Gasteiger partial charge in [-0.2, -0.15) is 0 Å². The van der Waals surface area contributed by atoms with E-state index in [1.54, 1.807) is 0 Å². The van der Waals surface area contributed by atoms with Crippen LogP contribution in [0.4, 0.5) is 0 Å². The normalized spacial score (nSPS) is 12.8. The van der Waals surface area contributed by atoms with Gasteiger partial charge in [-0.15, -0.1) is 0 Å². The van der Waals surface area contributed by atoms with Gasteiger partial charge in [-0.3, -0.25) is 0 Å². The van der Waals surface area contributed by atoms with E-state index in [-0.39, 0.29) is 0 Å². The third kappa shape index (κ3) is 3.60. The largest absolute Gasteiger partial charge is 0.328 e. The maximum absolute atomic E-state index is 5.70. The molecule has 1 aromatic rings. The van der Waals surface area contributed by atoms with Crippen LogP contribution >= 0.6 is 0 Å². The smallest absolute Gasteiger partial charge is 0.00136 e. The molecule has 1 atom stereocenters. The lowest BCUT2D eigenvalue weighted by Crippen LogP contribution is -2.15. The minimum atomic E-state index is 0.295. The van der Waals surface area contributed by atoms with E-state index < -0.39 is 0 Å². The molecule has 0 aliphatic heterocycles. The Hall–Kier alpha value is -0.820. The van der Waals surface area contributed by atoms with Crippen molar-refractivity contribution in [3.63, 3.8) is 0 Å². The first-order valence-electron chi connectivity index (χ1n) is 4.85. The van der Waals surface area contributed by atoms with Crippen molar-refractivity contribution in [3.05, 3.63) is 42.3 Å². The van der Waals surface area contributed by atoms with Crippen LogP contribution in [0, 0.1) is 6.92 Å². The second kappa shape index (κ2) is 5.03. The zero-order valence-corrected chi connectivity index (χ0v) is 8.29. The van der Waals surface area contributed by atoms with E-state index in [1.165, 1.54) is 11.1 Å². The Labute approximate surface area is 81.0 Å². The van der Waals surface area contributed by atoms with Crippen molar-refractivity contribution >= 4 is 0 Å². The van der Waals surface area contributed by atoms with E-state index in [9.17, 15) is 0 Å². The van der Waals surface area contributed by atoms with Gasteiger partial charge >= 0.3 is 0 Å². The number of nitrogens with two attached hydrogens (primary N) is 1. The second-order valence-electron chi connectivity index (χ2n) is 3.59. The molecule has 1 unspecified atom stereocenters. The molecule has 0 amide bonds. The lowest BCUT2D eigenvalue weighted by Gasteiger charge is -2.06. The summed E-state index contributed by atoms with van der Waals surface area (Å²) < 4.78 is 0. The van der Waals surface area contributed by atoms with Gasteiger partial charge in [0.05, 0.1) is 0 Å². The molecule has 0 spiro atoms. The van der Waals surface area contributed by atoms with E-state index in [0.717, 1.165) is 19.3 Å². The summed E-state index contributed by atoms with van der Waals surface area (Å²) in [4.78, 5) is 0. The standard InChI is InChI=1S/C12H18N/c1-3-11-5-4-6-12(9-11)8-7-10(2)13/h4-6,9-10H,1,3,7-8,13H2,2H3. The van der Waals surface area contributed by atoms with E-state index in [0.29, 0.717) is 6.04 Å². The van der Waals surface area contributed by atoms with Crippen LogP contribution in [0.25, 0.3) is 0 Å². The molecule has 0 aliphatic carbocycles. The molecule has 0 saturated heterocycles. The fourth-order valence-corrected chi connectivity index (χ4v) is 1.34. The summed E-state index contributed by atoms with van der Waals surface area (Å²) in [6.45, 7) is 5.91. The highest BCUT2D eigenvalue weighted by molar-refractivity contribution is 5.24. The maximum Gasteiger partial charge on any atom is 0.00136 e. The summed E-state index contributed by atoms with van der Waals surface area (Å²) in [5.41, 5.74) is 8.38. The van der Waals surface area contributed by atoms with Crippen LogP contribution in [0.3, 0.4) is 0 Å². The predicted molar refractivity (Wildman–Crippen MR) is 57.5 cm³/mol. The minimum Gasteiger partial charge on any atom is -0.328 e. The molecule has 0 aliphatic rings. The van der Waals surface area contributed by atoms with Crippen LogP contribution in [-0.4, -0.2) is 6.04 Å². The molecule has 2 N–H and O–H groups in total. The highest BCUT2D eigenvalue weighted by Crippen LogP contribution is 2.08. The maximum atomic E-state index is 5.70. The average molecular weight is 176 g/mol. The fraction of sp³-hybridized carbons (Fsp3) is 0.417. The van der Waals surface area contributed by atoms with Crippen molar-refractivity contribution in [2.24, 2.45) is 5.73 Å². The van der Waals surface area contributed by atoms with Gasteiger partial charge in [0.25, 0.3) is 0 Å². The monoisotopic (exact) mass is 176 g/mol. The SMILES string of the molecule is [CH2]Cc1cccc(CCC(C)N)c1. The number of aryl methyl sites for hydroxylation is 1. The van der Waals surface area contributed by atoms with Crippen LogP contribution in [0.1, 0.15) is 24.5 Å². The lowest BCUT2D eigenvalue weighted by atomic mass is 10.0. The molecular weight excluding hydrogens is 158 g/mol. The second-order valence-corrected chi connectivity index (χ2v) is 3.59. The van der Waals surface area contributed by atoms with E-state index in [1.807, 2.05) is 6.92 Å². The first-order chi connectivity index (χ1) is 6.22. The van der Waals surface area contributed by atoms with Gasteiger partial charge in [0, 0.05) is 6.04 Å². The average Bonchev–Trinajstić information content (AvgIpc) is 2.15. The first kappa shape index (κ1) is 10.3. The van der Waals surface area contributed by atoms with Gasteiger partial charge < -0.3 is 5.73 Å². The number of benzene rings is 1. The summed E-state index contributed by atoms with van der Waals surface area (Å²) in [5, 5.41) is 0. The first-order valence-corrected chi connectivity index (χ1v) is 4.85. The van der Waals surface area contributed by atoms with Gasteiger partial charge in [-0.25, -0.2) is 0 Å². The van der Waals surface area contributed by atoms with Gasteiger partial charge in [0.2, 0.25) is 0 Å². The summed E-state index contributed by atoms with van der Waals surface area (Å²) in [5.74, 6) is 0. The van der Waals surface area contributed by atoms with Crippen molar-refractivity contribution in [2.75, 3.05) is 0 Å².